The molecule has 1 aliphatic heterocycles. The van der Waals surface area contributed by atoms with E-state index in [1.54, 1.807) is 12.3 Å². The second-order valence-corrected chi connectivity index (χ2v) is 5.84. The van der Waals surface area contributed by atoms with Crippen molar-refractivity contribution in [2.24, 2.45) is 0 Å². The number of anilines is 3. The molecule has 3 aromatic rings. The van der Waals surface area contributed by atoms with Crippen LogP contribution in [0, 0.1) is 0 Å². The maximum Gasteiger partial charge on any atom is 0.421 e. The summed E-state index contributed by atoms with van der Waals surface area (Å²) in [7, 11) is 1.38. The van der Waals surface area contributed by atoms with E-state index in [-0.39, 0.29) is 17.8 Å². The molecule has 3 aromatic heterocycles. The first-order chi connectivity index (χ1) is 12.5. The molecule has 0 bridgehead atoms. The zero-order chi connectivity index (χ0) is 18.3. The highest BCUT2D eigenvalue weighted by Crippen LogP contribution is 2.35. The van der Waals surface area contributed by atoms with Crippen molar-refractivity contribution < 1.29 is 17.9 Å². The van der Waals surface area contributed by atoms with E-state index >= 15 is 0 Å². The average molecular weight is 364 g/mol. The van der Waals surface area contributed by atoms with E-state index in [0.717, 1.165) is 17.2 Å². The highest BCUT2D eigenvalue weighted by atomic mass is 19.4. The molecule has 4 heterocycles. The van der Waals surface area contributed by atoms with Gasteiger partial charge < -0.3 is 19.9 Å². The highest BCUT2D eigenvalue weighted by molar-refractivity contribution is 5.92. The zero-order valence-corrected chi connectivity index (χ0v) is 13.7. The molecule has 0 radical (unpaired) electrons. The summed E-state index contributed by atoms with van der Waals surface area (Å²) in [5.74, 6) is -0.223. The molecule has 1 aliphatic rings. The molecular weight excluding hydrogens is 349 g/mol. The Morgan fingerprint density at radius 2 is 2.08 bits per heavy atom. The van der Waals surface area contributed by atoms with Crippen molar-refractivity contribution in [3.05, 3.63) is 36.3 Å². The van der Waals surface area contributed by atoms with Gasteiger partial charge in [0.1, 0.15) is 17.0 Å². The van der Waals surface area contributed by atoms with Crippen molar-refractivity contribution in [2.45, 2.75) is 12.2 Å². The molecule has 0 unspecified atom stereocenters. The molecule has 0 atom stereocenters. The Morgan fingerprint density at radius 1 is 1.27 bits per heavy atom. The zero-order valence-electron chi connectivity index (χ0n) is 13.7. The highest BCUT2D eigenvalue weighted by Gasteiger charge is 2.35. The van der Waals surface area contributed by atoms with Gasteiger partial charge in [0.15, 0.2) is 0 Å². The maximum atomic E-state index is 13.0. The molecule has 1 saturated heterocycles. The third-order valence-electron chi connectivity index (χ3n) is 4.18. The molecule has 26 heavy (non-hydrogen) atoms. The van der Waals surface area contributed by atoms with Crippen LogP contribution >= 0.6 is 0 Å². The van der Waals surface area contributed by atoms with Gasteiger partial charge in [0, 0.05) is 31.0 Å². The first-order valence-electron chi connectivity index (χ1n) is 7.89. The molecule has 4 rings (SSSR count). The number of ether oxygens (including phenoxy) is 1. The van der Waals surface area contributed by atoms with Crippen LogP contribution in [0.3, 0.4) is 0 Å². The summed E-state index contributed by atoms with van der Waals surface area (Å²) < 4.78 is 46.2. The number of alkyl halides is 3. The topological polar surface area (TPSA) is 76.9 Å². The van der Waals surface area contributed by atoms with Gasteiger partial charge in [-0.3, -0.25) is 0 Å². The van der Waals surface area contributed by atoms with E-state index in [2.05, 4.69) is 25.6 Å². The van der Waals surface area contributed by atoms with Crippen LogP contribution in [0.15, 0.2) is 30.7 Å². The van der Waals surface area contributed by atoms with Crippen molar-refractivity contribution in [2.75, 3.05) is 30.9 Å². The monoisotopic (exact) mass is 364 g/mol. The van der Waals surface area contributed by atoms with Crippen molar-refractivity contribution in [3.8, 4) is 0 Å². The van der Waals surface area contributed by atoms with Crippen LogP contribution in [-0.4, -0.2) is 39.8 Å². The summed E-state index contributed by atoms with van der Waals surface area (Å²) in [4.78, 5) is 12.1. The molecule has 0 saturated carbocycles. The number of halogens is 3. The Morgan fingerprint density at radius 3 is 2.73 bits per heavy atom. The van der Waals surface area contributed by atoms with Gasteiger partial charge in [-0.05, 0) is 12.1 Å². The Kier molecular flexibility index (Phi) is 3.91. The van der Waals surface area contributed by atoms with E-state index in [4.69, 9.17) is 4.74 Å². The quantitative estimate of drug-likeness (QED) is 0.740. The lowest BCUT2D eigenvalue weighted by atomic mass is 10.2. The SMILES string of the molecule is CNc1nc(Nc2cn(C3COC3)c3ncccc23)ncc1C(F)(F)F. The molecule has 7 nitrogen and oxygen atoms in total. The van der Waals surface area contributed by atoms with Crippen LogP contribution in [-0.2, 0) is 10.9 Å². The van der Waals surface area contributed by atoms with Gasteiger partial charge in [0.05, 0.1) is 24.9 Å². The van der Waals surface area contributed by atoms with Crippen molar-refractivity contribution in [1.82, 2.24) is 19.5 Å². The van der Waals surface area contributed by atoms with Gasteiger partial charge in [-0.1, -0.05) is 0 Å². The molecule has 10 heteroatoms. The molecule has 2 N–H and O–H groups in total. The molecule has 0 aromatic carbocycles. The summed E-state index contributed by atoms with van der Waals surface area (Å²) in [6, 6.07) is 3.86. The fourth-order valence-corrected chi connectivity index (χ4v) is 2.81. The molecule has 136 valence electrons. The van der Waals surface area contributed by atoms with E-state index < -0.39 is 11.7 Å². The minimum Gasteiger partial charge on any atom is -0.377 e. The van der Waals surface area contributed by atoms with Crippen LogP contribution in [0.4, 0.5) is 30.6 Å². The normalized spacial score (nSPS) is 15.1. The van der Waals surface area contributed by atoms with Crippen LogP contribution in [0.5, 0.6) is 0 Å². The lowest BCUT2D eigenvalue weighted by Crippen LogP contribution is -2.30. The summed E-state index contributed by atoms with van der Waals surface area (Å²) in [6.07, 6.45) is -0.222. The predicted molar refractivity (Wildman–Crippen MR) is 89.5 cm³/mol. The summed E-state index contributed by atoms with van der Waals surface area (Å²) >= 11 is 0. The predicted octanol–water partition coefficient (Wildman–Crippen LogP) is 3.20. The summed E-state index contributed by atoms with van der Waals surface area (Å²) in [6.45, 7) is 1.20. The van der Waals surface area contributed by atoms with E-state index in [0.29, 0.717) is 18.9 Å². The number of rotatable bonds is 4. The van der Waals surface area contributed by atoms with E-state index in [1.807, 2.05) is 16.8 Å². The van der Waals surface area contributed by atoms with Crippen LogP contribution in [0.2, 0.25) is 0 Å². The molecule has 1 fully saturated rings. The summed E-state index contributed by atoms with van der Waals surface area (Å²) in [5, 5.41) is 6.28. The Balaban J connectivity index is 1.71. The first kappa shape index (κ1) is 16.6. The number of fused-ring (bicyclic) bond motifs is 1. The summed E-state index contributed by atoms with van der Waals surface area (Å²) in [5.41, 5.74) is 0.520. The lowest BCUT2D eigenvalue weighted by Gasteiger charge is -2.27. The minimum absolute atomic E-state index is 0.0649. The molecule has 0 spiro atoms. The minimum atomic E-state index is -4.53. The standard InChI is InChI=1S/C16H15F3N6O/c1-20-13-11(16(17,18)19)5-22-15(24-13)23-12-6-25(9-7-26-8-9)14-10(12)3-2-4-21-14/h2-6,9H,7-8H2,1H3,(H2,20,22,23,24). The van der Waals surface area contributed by atoms with Crippen LogP contribution in [0.25, 0.3) is 11.0 Å². The number of nitrogens with zero attached hydrogens (tertiary/aromatic N) is 4. The van der Waals surface area contributed by atoms with Crippen molar-refractivity contribution >= 4 is 28.5 Å². The van der Waals surface area contributed by atoms with Gasteiger partial charge in [-0.15, -0.1) is 0 Å². The van der Waals surface area contributed by atoms with E-state index in [9.17, 15) is 13.2 Å². The van der Waals surface area contributed by atoms with Gasteiger partial charge in [-0.2, -0.15) is 18.2 Å². The fraction of sp³-hybridized carbons (Fsp3) is 0.312. The largest absolute Gasteiger partial charge is 0.421 e. The van der Waals surface area contributed by atoms with Crippen molar-refractivity contribution in [1.29, 1.82) is 0 Å². The van der Waals surface area contributed by atoms with Crippen LogP contribution in [0.1, 0.15) is 11.6 Å². The molecular formula is C16H15F3N6O. The average Bonchev–Trinajstić information content (AvgIpc) is 2.91. The Hall–Kier alpha value is -2.88. The van der Waals surface area contributed by atoms with E-state index in [1.165, 1.54) is 7.05 Å². The number of pyridine rings is 1. The van der Waals surface area contributed by atoms with Gasteiger partial charge in [-0.25, -0.2) is 9.97 Å². The Labute approximate surface area is 146 Å². The maximum absolute atomic E-state index is 13.0. The molecule has 0 aliphatic carbocycles. The molecule has 0 amide bonds. The number of hydrogen-bond donors (Lipinski definition) is 2. The number of hydrogen-bond acceptors (Lipinski definition) is 6. The van der Waals surface area contributed by atoms with Gasteiger partial charge >= 0.3 is 6.18 Å². The van der Waals surface area contributed by atoms with Crippen LogP contribution < -0.4 is 10.6 Å². The van der Waals surface area contributed by atoms with Gasteiger partial charge in [0.25, 0.3) is 0 Å². The second kappa shape index (κ2) is 6.13. The second-order valence-electron chi connectivity index (χ2n) is 5.84. The number of aromatic nitrogens is 4. The lowest BCUT2D eigenvalue weighted by molar-refractivity contribution is -0.137. The number of nitrogens with one attached hydrogen (secondary N) is 2. The Bertz CT molecular complexity index is 951. The smallest absolute Gasteiger partial charge is 0.377 e. The van der Waals surface area contributed by atoms with Crippen molar-refractivity contribution in [3.63, 3.8) is 0 Å². The fourth-order valence-electron chi connectivity index (χ4n) is 2.81. The first-order valence-corrected chi connectivity index (χ1v) is 7.89. The third kappa shape index (κ3) is 2.81. The van der Waals surface area contributed by atoms with Gasteiger partial charge in [0.2, 0.25) is 5.95 Å². The third-order valence-corrected chi connectivity index (χ3v) is 4.18.